The lowest BCUT2D eigenvalue weighted by atomic mass is 10.1. The summed E-state index contributed by atoms with van der Waals surface area (Å²) in [5, 5.41) is 3.31. The molecule has 3 aliphatic rings. The molecule has 0 aromatic carbocycles. The number of amides is 1. The molecule has 3 fully saturated rings. The van der Waals surface area contributed by atoms with Crippen molar-refractivity contribution in [3.8, 4) is 0 Å². The minimum absolute atomic E-state index is 0. The van der Waals surface area contributed by atoms with Crippen LogP contribution in [0.15, 0.2) is 0 Å². The third-order valence-corrected chi connectivity index (χ3v) is 5.52. The van der Waals surface area contributed by atoms with Crippen LogP contribution in [-0.2, 0) is 4.79 Å². The van der Waals surface area contributed by atoms with E-state index in [1.165, 1.54) is 32.4 Å². The van der Waals surface area contributed by atoms with Crippen LogP contribution >= 0.6 is 24.8 Å². The summed E-state index contributed by atoms with van der Waals surface area (Å²) in [6.07, 6.45) is 4.65. The zero-order valence-electron chi connectivity index (χ0n) is 14.2. The van der Waals surface area contributed by atoms with Gasteiger partial charge < -0.3 is 15.1 Å². The largest absolute Gasteiger partial charge is 0.340 e. The van der Waals surface area contributed by atoms with E-state index in [0.717, 1.165) is 45.3 Å². The molecule has 1 amide bonds. The highest BCUT2D eigenvalue weighted by molar-refractivity contribution is 5.85. The van der Waals surface area contributed by atoms with Crippen molar-refractivity contribution in [2.24, 2.45) is 0 Å². The van der Waals surface area contributed by atoms with E-state index in [-0.39, 0.29) is 24.8 Å². The van der Waals surface area contributed by atoms with Gasteiger partial charge >= 0.3 is 0 Å². The summed E-state index contributed by atoms with van der Waals surface area (Å²) in [4.78, 5) is 19.6. The molecule has 2 unspecified atom stereocenters. The Bertz CT molecular complexity index is 366. The van der Waals surface area contributed by atoms with Crippen LogP contribution in [0.4, 0.5) is 0 Å². The molecule has 3 heterocycles. The van der Waals surface area contributed by atoms with Crippen LogP contribution in [0.1, 0.15) is 32.6 Å². The molecule has 7 heteroatoms. The number of hydrogen-bond acceptors (Lipinski definition) is 4. The SMILES string of the molecule is CCN1CCC2CCC(C1)N2CCC(=O)N1CCNCC1.Cl.Cl. The first-order valence-electron chi connectivity index (χ1n) is 8.74. The van der Waals surface area contributed by atoms with Crippen LogP contribution in [-0.4, -0.2) is 85.0 Å². The lowest BCUT2D eigenvalue weighted by Crippen LogP contribution is -2.47. The van der Waals surface area contributed by atoms with Crippen LogP contribution in [0, 0.1) is 0 Å². The zero-order valence-corrected chi connectivity index (χ0v) is 15.8. The number of likely N-dealkylation sites (N-methyl/N-ethyl adjacent to an activating group) is 1. The van der Waals surface area contributed by atoms with Gasteiger partial charge in [0.25, 0.3) is 0 Å². The predicted octanol–water partition coefficient (Wildman–Crippen LogP) is 1.21. The molecule has 0 spiro atoms. The normalized spacial score (nSPS) is 28.7. The quantitative estimate of drug-likeness (QED) is 0.811. The van der Waals surface area contributed by atoms with E-state index in [4.69, 9.17) is 0 Å². The Morgan fingerprint density at radius 1 is 1.04 bits per heavy atom. The highest BCUT2D eigenvalue weighted by Crippen LogP contribution is 2.30. The summed E-state index contributed by atoms with van der Waals surface area (Å²) in [5.74, 6) is 0.354. The van der Waals surface area contributed by atoms with E-state index in [1.54, 1.807) is 0 Å². The molecule has 3 aliphatic heterocycles. The standard InChI is InChI=1S/C16H30N4O.2ClH/c1-2-18-9-5-14-3-4-15(13-18)20(14)10-6-16(21)19-11-7-17-8-12-19;;/h14-15,17H,2-13H2,1H3;2*1H. The number of likely N-dealkylation sites (tertiary alicyclic amines) is 1. The van der Waals surface area contributed by atoms with Gasteiger partial charge in [0.1, 0.15) is 0 Å². The Hall–Kier alpha value is -0.0700. The Balaban J connectivity index is 0.00000132. The van der Waals surface area contributed by atoms with Gasteiger partial charge in [-0.05, 0) is 32.4 Å². The molecule has 3 saturated heterocycles. The van der Waals surface area contributed by atoms with Gasteiger partial charge in [0.15, 0.2) is 0 Å². The third kappa shape index (κ3) is 5.20. The molecule has 136 valence electrons. The third-order valence-electron chi connectivity index (χ3n) is 5.52. The number of carbonyl (C=O) groups is 1. The van der Waals surface area contributed by atoms with Crippen molar-refractivity contribution < 1.29 is 4.79 Å². The molecular weight excluding hydrogens is 335 g/mol. The van der Waals surface area contributed by atoms with Crippen molar-refractivity contribution in [3.63, 3.8) is 0 Å². The van der Waals surface area contributed by atoms with E-state index >= 15 is 0 Å². The second-order valence-corrected chi connectivity index (χ2v) is 6.69. The van der Waals surface area contributed by atoms with Gasteiger partial charge in [-0.3, -0.25) is 9.69 Å². The molecule has 0 radical (unpaired) electrons. The van der Waals surface area contributed by atoms with Crippen LogP contribution in [0.25, 0.3) is 0 Å². The van der Waals surface area contributed by atoms with E-state index < -0.39 is 0 Å². The van der Waals surface area contributed by atoms with Crippen molar-refractivity contribution in [2.75, 3.05) is 52.4 Å². The molecule has 0 aromatic rings. The first-order chi connectivity index (χ1) is 10.3. The summed E-state index contributed by atoms with van der Waals surface area (Å²) in [6, 6.07) is 1.41. The molecule has 2 atom stereocenters. The fourth-order valence-corrected chi connectivity index (χ4v) is 4.19. The van der Waals surface area contributed by atoms with Crippen molar-refractivity contribution in [3.05, 3.63) is 0 Å². The van der Waals surface area contributed by atoms with Gasteiger partial charge in [-0.15, -0.1) is 24.8 Å². The van der Waals surface area contributed by atoms with E-state index in [9.17, 15) is 4.79 Å². The highest BCUT2D eigenvalue weighted by atomic mass is 35.5. The molecule has 23 heavy (non-hydrogen) atoms. The number of hydrogen-bond donors (Lipinski definition) is 1. The summed E-state index contributed by atoms with van der Waals surface area (Å²) >= 11 is 0. The summed E-state index contributed by atoms with van der Waals surface area (Å²) in [7, 11) is 0. The van der Waals surface area contributed by atoms with Gasteiger partial charge in [0.2, 0.25) is 5.91 Å². The second kappa shape index (κ2) is 10.0. The smallest absolute Gasteiger partial charge is 0.223 e. The fourth-order valence-electron chi connectivity index (χ4n) is 4.19. The Morgan fingerprint density at radius 2 is 1.74 bits per heavy atom. The molecule has 5 nitrogen and oxygen atoms in total. The summed E-state index contributed by atoms with van der Waals surface area (Å²) < 4.78 is 0. The van der Waals surface area contributed by atoms with Gasteiger partial charge in [0.05, 0.1) is 0 Å². The second-order valence-electron chi connectivity index (χ2n) is 6.69. The molecule has 0 aromatic heterocycles. The van der Waals surface area contributed by atoms with Crippen molar-refractivity contribution in [1.82, 2.24) is 20.0 Å². The van der Waals surface area contributed by atoms with Gasteiger partial charge in [-0.2, -0.15) is 0 Å². The lowest BCUT2D eigenvalue weighted by molar-refractivity contribution is -0.132. The Labute approximate surface area is 152 Å². The van der Waals surface area contributed by atoms with E-state index in [0.29, 0.717) is 18.4 Å². The topological polar surface area (TPSA) is 38.8 Å². The first kappa shape index (κ1) is 21.0. The number of rotatable bonds is 4. The van der Waals surface area contributed by atoms with E-state index in [2.05, 4.69) is 22.0 Å². The molecular formula is C16H32Cl2N4O. The van der Waals surface area contributed by atoms with Gasteiger partial charge in [0, 0.05) is 57.8 Å². The molecule has 3 rings (SSSR count). The molecule has 0 saturated carbocycles. The van der Waals surface area contributed by atoms with Crippen molar-refractivity contribution >= 4 is 30.7 Å². The zero-order chi connectivity index (χ0) is 14.7. The maximum atomic E-state index is 12.3. The number of nitrogens with zero attached hydrogens (tertiary/aromatic N) is 3. The van der Waals surface area contributed by atoms with Crippen LogP contribution in [0.2, 0.25) is 0 Å². The van der Waals surface area contributed by atoms with Crippen molar-refractivity contribution in [2.45, 2.75) is 44.7 Å². The summed E-state index contributed by atoms with van der Waals surface area (Å²) in [5.41, 5.74) is 0. The minimum atomic E-state index is 0. The fraction of sp³-hybridized carbons (Fsp3) is 0.938. The maximum Gasteiger partial charge on any atom is 0.223 e. The average molecular weight is 367 g/mol. The minimum Gasteiger partial charge on any atom is -0.340 e. The van der Waals surface area contributed by atoms with Crippen LogP contribution < -0.4 is 5.32 Å². The van der Waals surface area contributed by atoms with Gasteiger partial charge in [-0.25, -0.2) is 0 Å². The number of halogens is 2. The molecule has 1 N–H and O–H groups in total. The summed E-state index contributed by atoms with van der Waals surface area (Å²) in [6.45, 7) is 10.5. The van der Waals surface area contributed by atoms with Gasteiger partial charge in [-0.1, -0.05) is 6.92 Å². The first-order valence-corrected chi connectivity index (χ1v) is 8.74. The van der Waals surface area contributed by atoms with Crippen molar-refractivity contribution in [1.29, 1.82) is 0 Å². The number of fused-ring (bicyclic) bond motifs is 2. The molecule has 2 bridgehead atoms. The van der Waals surface area contributed by atoms with Crippen LogP contribution in [0.3, 0.4) is 0 Å². The lowest BCUT2D eigenvalue weighted by Gasteiger charge is -2.31. The van der Waals surface area contributed by atoms with E-state index in [1.807, 2.05) is 4.90 Å². The Morgan fingerprint density at radius 3 is 2.43 bits per heavy atom. The van der Waals surface area contributed by atoms with Crippen LogP contribution in [0.5, 0.6) is 0 Å². The highest BCUT2D eigenvalue weighted by Gasteiger charge is 2.36. The number of piperazine rings is 1. The molecule has 0 aliphatic carbocycles. The number of carbonyl (C=O) groups excluding carboxylic acids is 1. The monoisotopic (exact) mass is 366 g/mol. The average Bonchev–Trinajstić information content (AvgIpc) is 2.80. The number of nitrogens with one attached hydrogen (secondary N) is 1. The maximum absolute atomic E-state index is 12.3. The predicted molar refractivity (Wildman–Crippen MR) is 98.8 cm³/mol. The Kier molecular flexibility index (Phi) is 9.16.